The van der Waals surface area contributed by atoms with Crippen molar-refractivity contribution < 1.29 is 21.9 Å². The molecule has 0 aliphatic heterocycles. The lowest BCUT2D eigenvalue weighted by atomic mass is 10.1. The standard InChI is InChI=1S/C21H12ClF2N5O4S2/c22-11-1-2-17(12(3-11)15-7-26-21(30)16-6-25-10-29(15)16)33-18-4-14(24)19(5-13(18)23)35(31,32)8-20-27-9-28-34-20/h1-7,9-10H,8H2,(H,26,30). The zero-order valence-corrected chi connectivity index (χ0v) is 19.7. The molecule has 5 rings (SSSR count). The van der Waals surface area contributed by atoms with Crippen LogP contribution in [-0.4, -0.2) is 32.1 Å². The fourth-order valence-corrected chi connectivity index (χ4v) is 5.73. The van der Waals surface area contributed by atoms with Gasteiger partial charge in [0, 0.05) is 22.8 Å². The van der Waals surface area contributed by atoms with E-state index in [0.717, 1.165) is 11.5 Å². The molecule has 0 saturated carbocycles. The van der Waals surface area contributed by atoms with Gasteiger partial charge in [0.05, 0.1) is 18.2 Å². The molecule has 2 aromatic carbocycles. The average molecular weight is 536 g/mol. The van der Waals surface area contributed by atoms with Crippen LogP contribution >= 0.6 is 23.1 Å². The van der Waals surface area contributed by atoms with Crippen molar-refractivity contribution in [1.29, 1.82) is 0 Å². The third-order valence-electron chi connectivity index (χ3n) is 4.95. The fraction of sp³-hybridized carbons (Fsp3) is 0.0476. The number of H-pyrrole nitrogens is 1. The molecule has 178 valence electrons. The summed E-state index contributed by atoms with van der Waals surface area (Å²) in [6, 6.07) is 5.64. The maximum Gasteiger partial charge on any atom is 0.273 e. The van der Waals surface area contributed by atoms with E-state index in [1.165, 1.54) is 47.6 Å². The Morgan fingerprint density at radius 3 is 2.74 bits per heavy atom. The summed E-state index contributed by atoms with van der Waals surface area (Å²) in [6.07, 6.45) is 5.34. The molecule has 0 spiro atoms. The van der Waals surface area contributed by atoms with Crippen LogP contribution in [0.3, 0.4) is 0 Å². The van der Waals surface area contributed by atoms with Crippen molar-refractivity contribution in [3.05, 3.63) is 87.4 Å². The highest BCUT2D eigenvalue weighted by Crippen LogP contribution is 2.37. The molecule has 1 N–H and O–H groups in total. The molecule has 0 unspecified atom stereocenters. The maximum atomic E-state index is 14.9. The van der Waals surface area contributed by atoms with Gasteiger partial charge in [0.2, 0.25) is 0 Å². The van der Waals surface area contributed by atoms with Gasteiger partial charge in [-0.15, -0.1) is 0 Å². The van der Waals surface area contributed by atoms with Crippen LogP contribution < -0.4 is 10.3 Å². The third-order valence-corrected chi connectivity index (χ3v) is 7.66. The number of hydrogen-bond donors (Lipinski definition) is 1. The van der Waals surface area contributed by atoms with E-state index >= 15 is 0 Å². The highest BCUT2D eigenvalue weighted by molar-refractivity contribution is 7.90. The van der Waals surface area contributed by atoms with Crippen LogP contribution in [0.25, 0.3) is 16.8 Å². The Labute approximate surface area is 204 Å². The molecule has 0 aliphatic carbocycles. The second-order valence-electron chi connectivity index (χ2n) is 7.20. The number of imidazole rings is 1. The van der Waals surface area contributed by atoms with Crippen molar-refractivity contribution >= 4 is 38.5 Å². The highest BCUT2D eigenvalue weighted by Gasteiger charge is 2.25. The smallest absolute Gasteiger partial charge is 0.273 e. The minimum atomic E-state index is -4.23. The summed E-state index contributed by atoms with van der Waals surface area (Å²) < 4.78 is 65.8. The monoisotopic (exact) mass is 535 g/mol. The first-order chi connectivity index (χ1) is 16.7. The maximum absolute atomic E-state index is 14.9. The fourth-order valence-electron chi connectivity index (χ4n) is 3.38. The van der Waals surface area contributed by atoms with Gasteiger partial charge in [-0.2, -0.15) is 4.37 Å². The zero-order valence-electron chi connectivity index (χ0n) is 17.3. The van der Waals surface area contributed by atoms with E-state index in [2.05, 4.69) is 19.3 Å². The largest absolute Gasteiger partial charge is 0.453 e. The van der Waals surface area contributed by atoms with Gasteiger partial charge in [-0.1, -0.05) is 11.6 Å². The predicted molar refractivity (Wildman–Crippen MR) is 123 cm³/mol. The first-order valence-corrected chi connectivity index (χ1v) is 12.5. The number of nitrogens with zero attached hydrogens (tertiary/aromatic N) is 4. The van der Waals surface area contributed by atoms with Crippen LogP contribution in [-0.2, 0) is 15.6 Å². The predicted octanol–water partition coefficient (Wildman–Crippen LogP) is 4.24. The lowest BCUT2D eigenvalue weighted by Gasteiger charge is -2.14. The Balaban J connectivity index is 1.55. The van der Waals surface area contributed by atoms with Crippen LogP contribution in [0.1, 0.15) is 5.01 Å². The molecule has 0 bridgehead atoms. The Hall–Kier alpha value is -3.68. The summed E-state index contributed by atoms with van der Waals surface area (Å²) in [6.45, 7) is 0. The van der Waals surface area contributed by atoms with Crippen molar-refractivity contribution in [2.24, 2.45) is 0 Å². The molecule has 0 aliphatic rings. The van der Waals surface area contributed by atoms with Gasteiger partial charge in [0.25, 0.3) is 5.56 Å². The van der Waals surface area contributed by atoms with Gasteiger partial charge in [-0.3, -0.25) is 9.20 Å². The van der Waals surface area contributed by atoms with Crippen molar-refractivity contribution in [1.82, 2.24) is 23.7 Å². The molecule has 35 heavy (non-hydrogen) atoms. The quantitative estimate of drug-likeness (QED) is 0.345. The van der Waals surface area contributed by atoms with E-state index in [0.29, 0.717) is 28.4 Å². The molecule has 0 amide bonds. The zero-order chi connectivity index (χ0) is 24.7. The summed E-state index contributed by atoms with van der Waals surface area (Å²) in [5.41, 5.74) is 0.612. The Morgan fingerprint density at radius 1 is 1.14 bits per heavy atom. The number of fused-ring (bicyclic) bond motifs is 1. The van der Waals surface area contributed by atoms with Crippen molar-refractivity contribution in [2.75, 3.05) is 0 Å². The number of halogens is 3. The summed E-state index contributed by atoms with van der Waals surface area (Å²) in [4.78, 5) is 21.5. The number of aromatic amines is 1. The van der Waals surface area contributed by atoms with E-state index < -0.39 is 37.9 Å². The van der Waals surface area contributed by atoms with Crippen molar-refractivity contribution in [3.8, 4) is 22.8 Å². The molecule has 5 aromatic rings. The number of hydrogen-bond acceptors (Lipinski definition) is 8. The Bertz CT molecular complexity index is 1740. The second kappa shape index (κ2) is 8.83. The van der Waals surface area contributed by atoms with Crippen LogP contribution in [0, 0.1) is 11.6 Å². The van der Waals surface area contributed by atoms with Crippen LogP contribution in [0.15, 0.2) is 65.1 Å². The third kappa shape index (κ3) is 4.40. The SMILES string of the molecule is O=c1[nH]cc(-c2cc(Cl)ccc2Oc2cc(F)c(S(=O)(=O)Cc3ncns3)cc2F)n2cncc12. The molecule has 0 atom stereocenters. The van der Waals surface area contributed by atoms with E-state index in [4.69, 9.17) is 16.3 Å². The van der Waals surface area contributed by atoms with Gasteiger partial charge in [-0.05, 0) is 35.8 Å². The number of sulfone groups is 1. The number of ether oxygens (including phenoxy) is 1. The van der Waals surface area contributed by atoms with Gasteiger partial charge >= 0.3 is 0 Å². The van der Waals surface area contributed by atoms with E-state index in [1.807, 2.05) is 0 Å². The Morgan fingerprint density at radius 2 is 1.97 bits per heavy atom. The van der Waals surface area contributed by atoms with E-state index in [1.54, 1.807) is 0 Å². The van der Waals surface area contributed by atoms with Gasteiger partial charge in [-0.25, -0.2) is 27.2 Å². The van der Waals surface area contributed by atoms with Crippen LogP contribution in [0.5, 0.6) is 11.5 Å². The molecule has 14 heteroatoms. The van der Waals surface area contributed by atoms with Crippen LogP contribution in [0.2, 0.25) is 5.02 Å². The van der Waals surface area contributed by atoms with Crippen molar-refractivity contribution in [2.45, 2.75) is 10.6 Å². The second-order valence-corrected chi connectivity index (χ2v) is 10.5. The Kier molecular flexibility index (Phi) is 5.83. The molecule has 0 fully saturated rings. The molecule has 0 radical (unpaired) electrons. The first kappa shape index (κ1) is 23.1. The van der Waals surface area contributed by atoms with E-state index in [-0.39, 0.29) is 21.8 Å². The molecular formula is C21H12ClF2N5O4S2. The highest BCUT2D eigenvalue weighted by atomic mass is 35.5. The summed E-state index contributed by atoms with van der Waals surface area (Å²) in [5.74, 6) is -3.39. The van der Waals surface area contributed by atoms with Crippen LogP contribution in [0.4, 0.5) is 8.78 Å². The van der Waals surface area contributed by atoms with Crippen molar-refractivity contribution in [3.63, 3.8) is 0 Å². The number of benzene rings is 2. The first-order valence-electron chi connectivity index (χ1n) is 9.72. The van der Waals surface area contributed by atoms with Gasteiger partial charge in [0.1, 0.15) is 39.1 Å². The summed E-state index contributed by atoms with van der Waals surface area (Å²) >= 11 is 6.99. The normalized spacial score (nSPS) is 11.7. The molecule has 9 nitrogen and oxygen atoms in total. The summed E-state index contributed by atoms with van der Waals surface area (Å²) in [7, 11) is -4.23. The molecule has 3 heterocycles. The molecule has 3 aromatic heterocycles. The van der Waals surface area contributed by atoms with E-state index in [9.17, 15) is 22.0 Å². The lowest BCUT2D eigenvalue weighted by molar-refractivity contribution is 0.433. The number of nitrogens with one attached hydrogen (secondary N) is 1. The number of rotatable bonds is 6. The lowest BCUT2D eigenvalue weighted by Crippen LogP contribution is -2.10. The van der Waals surface area contributed by atoms with Gasteiger partial charge < -0.3 is 9.72 Å². The number of aromatic nitrogens is 5. The minimum Gasteiger partial charge on any atom is -0.453 e. The topological polar surface area (TPSA) is 119 Å². The minimum absolute atomic E-state index is 0.0687. The van der Waals surface area contributed by atoms with Gasteiger partial charge in [0.15, 0.2) is 21.4 Å². The molecule has 0 saturated heterocycles. The molecular weight excluding hydrogens is 524 g/mol. The summed E-state index contributed by atoms with van der Waals surface area (Å²) in [5, 5.41) is 0.458. The average Bonchev–Trinajstić information content (AvgIpc) is 3.50.